The fourth-order valence-electron chi connectivity index (χ4n) is 1.97. The molecule has 0 atom stereocenters. The van der Waals surface area contributed by atoms with Crippen LogP contribution in [0.2, 0.25) is 5.02 Å². The first-order chi connectivity index (χ1) is 11.0. The van der Waals surface area contributed by atoms with Crippen molar-refractivity contribution in [2.45, 2.75) is 26.5 Å². The van der Waals surface area contributed by atoms with Crippen LogP contribution >= 0.6 is 11.6 Å². The highest BCUT2D eigenvalue weighted by Crippen LogP contribution is 2.17. The van der Waals surface area contributed by atoms with Crippen molar-refractivity contribution in [1.29, 1.82) is 0 Å². The minimum absolute atomic E-state index is 0.0249. The number of hydrogen-bond donors (Lipinski definition) is 2. The van der Waals surface area contributed by atoms with E-state index in [1.807, 2.05) is 62.4 Å². The molecule has 0 heterocycles. The van der Waals surface area contributed by atoms with E-state index in [9.17, 15) is 4.79 Å². The lowest BCUT2D eigenvalue weighted by molar-refractivity contribution is -0.119. The topological polar surface area (TPSA) is 50.4 Å². The summed E-state index contributed by atoms with van der Waals surface area (Å²) < 4.78 is 5.71. The third-order valence-corrected chi connectivity index (χ3v) is 3.33. The number of hydrogen-bond acceptors (Lipinski definition) is 3. The molecule has 0 unspecified atom stereocenters. The number of halogens is 1. The second kappa shape index (κ2) is 8.44. The molecule has 2 N–H and O–H groups in total. The lowest BCUT2D eigenvalue weighted by Crippen LogP contribution is -2.34. The van der Waals surface area contributed by atoms with Crippen LogP contribution in [0, 0.1) is 0 Å². The van der Waals surface area contributed by atoms with E-state index >= 15 is 0 Å². The van der Waals surface area contributed by atoms with Gasteiger partial charge in [-0.25, -0.2) is 0 Å². The molecule has 0 bridgehead atoms. The van der Waals surface area contributed by atoms with Crippen LogP contribution in [0.3, 0.4) is 0 Å². The predicted octanol–water partition coefficient (Wildman–Crippen LogP) is 3.86. The molecule has 2 aromatic rings. The molecule has 0 aromatic heterocycles. The molecule has 2 rings (SSSR count). The quantitative estimate of drug-likeness (QED) is 0.809. The number of carbonyl (C=O) groups excluding carboxylic acids is 1. The summed E-state index contributed by atoms with van der Waals surface area (Å²) in [5.41, 5.74) is 1.93. The SMILES string of the molecule is CC(C)NC(=O)CNc1ccc(OCc2ccc(Cl)cc2)cc1. The Bertz CT molecular complexity index is 624. The van der Waals surface area contributed by atoms with Crippen molar-refractivity contribution in [2.75, 3.05) is 11.9 Å². The van der Waals surface area contributed by atoms with Crippen LogP contribution in [0.15, 0.2) is 48.5 Å². The molecule has 5 heteroatoms. The minimum atomic E-state index is -0.0249. The Morgan fingerprint density at radius 1 is 1.09 bits per heavy atom. The molecule has 2 aromatic carbocycles. The van der Waals surface area contributed by atoms with E-state index in [1.165, 1.54) is 0 Å². The first-order valence-corrected chi connectivity index (χ1v) is 7.91. The zero-order chi connectivity index (χ0) is 16.7. The zero-order valence-electron chi connectivity index (χ0n) is 13.3. The molecule has 0 saturated heterocycles. The second-order valence-corrected chi connectivity index (χ2v) is 5.95. The summed E-state index contributed by atoms with van der Waals surface area (Å²) in [7, 11) is 0. The van der Waals surface area contributed by atoms with Gasteiger partial charge in [-0.3, -0.25) is 4.79 Å². The number of rotatable bonds is 7. The van der Waals surface area contributed by atoms with E-state index < -0.39 is 0 Å². The van der Waals surface area contributed by atoms with E-state index in [0.717, 1.165) is 17.0 Å². The van der Waals surface area contributed by atoms with Gasteiger partial charge in [-0.1, -0.05) is 23.7 Å². The third kappa shape index (κ3) is 6.20. The Balaban J connectivity index is 1.80. The monoisotopic (exact) mass is 332 g/mol. The third-order valence-electron chi connectivity index (χ3n) is 3.08. The summed E-state index contributed by atoms with van der Waals surface area (Å²) in [6.07, 6.45) is 0. The maximum Gasteiger partial charge on any atom is 0.239 e. The van der Waals surface area contributed by atoms with Crippen molar-refractivity contribution >= 4 is 23.2 Å². The average Bonchev–Trinajstić information content (AvgIpc) is 2.53. The number of ether oxygens (including phenoxy) is 1. The van der Waals surface area contributed by atoms with Crippen LogP contribution in [0.1, 0.15) is 19.4 Å². The fraction of sp³-hybridized carbons (Fsp3) is 0.278. The Hall–Kier alpha value is -2.20. The van der Waals surface area contributed by atoms with Gasteiger partial charge in [0.25, 0.3) is 0 Å². The van der Waals surface area contributed by atoms with Crippen LogP contribution in [-0.4, -0.2) is 18.5 Å². The molecule has 122 valence electrons. The van der Waals surface area contributed by atoms with Gasteiger partial charge in [0.1, 0.15) is 12.4 Å². The van der Waals surface area contributed by atoms with E-state index in [-0.39, 0.29) is 18.5 Å². The highest BCUT2D eigenvalue weighted by Gasteiger charge is 2.03. The van der Waals surface area contributed by atoms with Gasteiger partial charge in [-0.2, -0.15) is 0 Å². The van der Waals surface area contributed by atoms with Gasteiger partial charge in [-0.15, -0.1) is 0 Å². The van der Waals surface area contributed by atoms with Gasteiger partial charge < -0.3 is 15.4 Å². The van der Waals surface area contributed by atoms with Gasteiger partial charge >= 0.3 is 0 Å². The van der Waals surface area contributed by atoms with Crippen molar-refractivity contribution in [3.63, 3.8) is 0 Å². The second-order valence-electron chi connectivity index (χ2n) is 5.52. The molecule has 0 aliphatic carbocycles. The summed E-state index contributed by atoms with van der Waals surface area (Å²) in [6, 6.07) is 15.2. The number of amides is 1. The highest BCUT2D eigenvalue weighted by molar-refractivity contribution is 6.30. The largest absolute Gasteiger partial charge is 0.489 e. The number of carbonyl (C=O) groups is 1. The zero-order valence-corrected chi connectivity index (χ0v) is 14.1. The van der Waals surface area contributed by atoms with Gasteiger partial charge in [-0.05, 0) is 55.8 Å². The molecular formula is C18H21ClN2O2. The van der Waals surface area contributed by atoms with Crippen molar-refractivity contribution in [2.24, 2.45) is 0 Å². The molecular weight excluding hydrogens is 312 g/mol. The van der Waals surface area contributed by atoms with Crippen LogP contribution in [0.25, 0.3) is 0 Å². The van der Waals surface area contributed by atoms with E-state index in [2.05, 4.69) is 10.6 Å². The molecule has 0 radical (unpaired) electrons. The molecule has 4 nitrogen and oxygen atoms in total. The van der Waals surface area contributed by atoms with Crippen molar-refractivity contribution in [1.82, 2.24) is 5.32 Å². The normalized spacial score (nSPS) is 10.4. The molecule has 0 spiro atoms. The van der Waals surface area contributed by atoms with Crippen LogP contribution < -0.4 is 15.4 Å². The maximum atomic E-state index is 11.6. The number of nitrogens with one attached hydrogen (secondary N) is 2. The maximum absolute atomic E-state index is 11.6. The summed E-state index contributed by atoms with van der Waals surface area (Å²) in [5, 5.41) is 6.62. The van der Waals surface area contributed by atoms with Gasteiger partial charge in [0.2, 0.25) is 5.91 Å². The van der Waals surface area contributed by atoms with Crippen LogP contribution in [0.5, 0.6) is 5.75 Å². The molecule has 1 amide bonds. The van der Waals surface area contributed by atoms with Gasteiger partial charge in [0, 0.05) is 16.8 Å². The standard InChI is InChI=1S/C18H21ClN2O2/c1-13(2)21-18(22)11-20-16-7-9-17(10-8-16)23-12-14-3-5-15(19)6-4-14/h3-10,13,20H,11-12H2,1-2H3,(H,21,22). The Morgan fingerprint density at radius 2 is 1.74 bits per heavy atom. The minimum Gasteiger partial charge on any atom is -0.489 e. The Labute approximate surface area is 141 Å². The lowest BCUT2D eigenvalue weighted by Gasteiger charge is -2.11. The van der Waals surface area contributed by atoms with Crippen LogP contribution in [-0.2, 0) is 11.4 Å². The Morgan fingerprint density at radius 3 is 2.35 bits per heavy atom. The van der Waals surface area contributed by atoms with Crippen molar-refractivity contribution < 1.29 is 9.53 Å². The highest BCUT2D eigenvalue weighted by atomic mass is 35.5. The first kappa shape index (κ1) is 17.2. The molecule has 0 aliphatic rings. The lowest BCUT2D eigenvalue weighted by atomic mass is 10.2. The van der Waals surface area contributed by atoms with E-state index in [0.29, 0.717) is 11.6 Å². The van der Waals surface area contributed by atoms with Crippen molar-refractivity contribution in [3.8, 4) is 5.75 Å². The smallest absolute Gasteiger partial charge is 0.239 e. The Kier molecular flexibility index (Phi) is 6.29. The summed E-state index contributed by atoms with van der Waals surface area (Å²) in [5.74, 6) is 0.750. The summed E-state index contributed by atoms with van der Waals surface area (Å²) in [6.45, 7) is 4.61. The summed E-state index contributed by atoms with van der Waals surface area (Å²) >= 11 is 5.85. The van der Waals surface area contributed by atoms with Crippen molar-refractivity contribution in [3.05, 3.63) is 59.1 Å². The molecule has 0 aliphatic heterocycles. The average molecular weight is 333 g/mol. The van der Waals surface area contributed by atoms with Gasteiger partial charge in [0.15, 0.2) is 0 Å². The summed E-state index contributed by atoms with van der Waals surface area (Å²) in [4.78, 5) is 11.6. The predicted molar refractivity (Wildman–Crippen MR) is 94.0 cm³/mol. The fourth-order valence-corrected chi connectivity index (χ4v) is 2.10. The van der Waals surface area contributed by atoms with Gasteiger partial charge in [0.05, 0.1) is 6.54 Å². The van der Waals surface area contributed by atoms with Crippen LogP contribution in [0.4, 0.5) is 5.69 Å². The molecule has 0 saturated carbocycles. The molecule has 23 heavy (non-hydrogen) atoms. The number of benzene rings is 2. The van der Waals surface area contributed by atoms with E-state index in [1.54, 1.807) is 0 Å². The molecule has 0 fully saturated rings. The van der Waals surface area contributed by atoms with E-state index in [4.69, 9.17) is 16.3 Å². The number of anilines is 1. The first-order valence-electron chi connectivity index (χ1n) is 7.53.